The molecule has 0 unspecified atom stereocenters. The van der Waals surface area contributed by atoms with Crippen LogP contribution in [0.3, 0.4) is 0 Å². The maximum Gasteiger partial charge on any atom is 0.317 e. The molecular weight excluding hydrogens is 261 g/mol. The summed E-state index contributed by atoms with van der Waals surface area (Å²) in [6.07, 6.45) is 4.31. The molecule has 1 saturated carbocycles. The molecule has 0 aliphatic heterocycles. The normalized spacial score (nSPS) is 15.8. The quantitative estimate of drug-likeness (QED) is 0.871. The van der Waals surface area contributed by atoms with E-state index in [1.165, 1.54) is 13.2 Å². The Morgan fingerprint density at radius 3 is 2.70 bits per heavy atom. The summed E-state index contributed by atoms with van der Waals surface area (Å²) in [6, 6.07) is 5.07. The fourth-order valence-electron chi connectivity index (χ4n) is 2.80. The highest BCUT2D eigenvalue weighted by molar-refractivity contribution is 5.69. The van der Waals surface area contributed by atoms with Gasteiger partial charge in [-0.05, 0) is 30.5 Å². The standard InChI is InChI=1S/C15H20FNO3/c1-20-14-7-6-11(8-13(14)16)9-17(10-15(18)19)12-4-2-3-5-12/h6-8,12H,2-5,9-10H2,1H3,(H,18,19). The third-order valence-electron chi connectivity index (χ3n) is 3.78. The van der Waals surface area contributed by atoms with Crippen LogP contribution in [0.1, 0.15) is 31.2 Å². The predicted molar refractivity (Wildman–Crippen MR) is 73.3 cm³/mol. The molecule has 0 bridgehead atoms. The number of benzene rings is 1. The Bertz CT molecular complexity index is 472. The molecule has 1 aliphatic carbocycles. The van der Waals surface area contributed by atoms with Gasteiger partial charge in [-0.1, -0.05) is 18.9 Å². The number of hydrogen-bond donors (Lipinski definition) is 1. The van der Waals surface area contributed by atoms with Crippen molar-refractivity contribution < 1.29 is 19.0 Å². The zero-order valence-corrected chi connectivity index (χ0v) is 11.6. The van der Waals surface area contributed by atoms with Gasteiger partial charge in [0.2, 0.25) is 0 Å². The molecule has 1 aromatic rings. The molecule has 0 radical (unpaired) electrons. The number of methoxy groups -OCH3 is 1. The molecule has 0 aromatic heterocycles. The molecule has 5 heteroatoms. The van der Waals surface area contributed by atoms with Crippen LogP contribution in [0.2, 0.25) is 0 Å². The Hall–Kier alpha value is -1.62. The number of rotatable bonds is 6. The summed E-state index contributed by atoms with van der Waals surface area (Å²) in [5.74, 6) is -1.04. The molecule has 4 nitrogen and oxygen atoms in total. The first kappa shape index (κ1) is 14.8. The monoisotopic (exact) mass is 281 g/mol. The SMILES string of the molecule is COc1ccc(CN(CC(=O)O)C2CCCC2)cc1F. The van der Waals surface area contributed by atoms with Gasteiger partial charge in [0.25, 0.3) is 0 Å². The molecule has 20 heavy (non-hydrogen) atoms. The Kier molecular flexibility index (Phi) is 4.95. The van der Waals surface area contributed by atoms with Crippen molar-refractivity contribution in [3.63, 3.8) is 0 Å². The Morgan fingerprint density at radius 1 is 1.45 bits per heavy atom. The van der Waals surface area contributed by atoms with E-state index in [-0.39, 0.29) is 18.3 Å². The number of nitrogens with zero attached hydrogens (tertiary/aromatic N) is 1. The third-order valence-corrected chi connectivity index (χ3v) is 3.78. The third kappa shape index (κ3) is 3.70. The molecule has 2 rings (SSSR count). The van der Waals surface area contributed by atoms with Crippen LogP contribution in [0.25, 0.3) is 0 Å². The van der Waals surface area contributed by atoms with Crippen molar-refractivity contribution in [2.24, 2.45) is 0 Å². The van der Waals surface area contributed by atoms with Gasteiger partial charge in [0, 0.05) is 12.6 Å². The molecule has 1 aromatic carbocycles. The average Bonchev–Trinajstić information content (AvgIpc) is 2.91. The van der Waals surface area contributed by atoms with Crippen molar-refractivity contribution >= 4 is 5.97 Å². The van der Waals surface area contributed by atoms with Crippen LogP contribution in [0.4, 0.5) is 4.39 Å². The van der Waals surface area contributed by atoms with E-state index < -0.39 is 11.8 Å². The molecule has 0 spiro atoms. The van der Waals surface area contributed by atoms with Crippen molar-refractivity contribution in [2.45, 2.75) is 38.3 Å². The number of carboxylic acids is 1. The second-order valence-corrected chi connectivity index (χ2v) is 5.21. The van der Waals surface area contributed by atoms with E-state index in [1.807, 2.05) is 4.90 Å². The van der Waals surface area contributed by atoms with Crippen LogP contribution in [0.15, 0.2) is 18.2 Å². The zero-order chi connectivity index (χ0) is 14.5. The van der Waals surface area contributed by atoms with E-state index >= 15 is 0 Å². The lowest BCUT2D eigenvalue weighted by Gasteiger charge is -2.27. The van der Waals surface area contributed by atoms with Crippen LogP contribution in [-0.2, 0) is 11.3 Å². The van der Waals surface area contributed by atoms with Gasteiger partial charge in [0.05, 0.1) is 13.7 Å². The van der Waals surface area contributed by atoms with Gasteiger partial charge in [0.1, 0.15) is 0 Å². The maximum absolute atomic E-state index is 13.7. The van der Waals surface area contributed by atoms with Gasteiger partial charge in [0.15, 0.2) is 11.6 Å². The van der Waals surface area contributed by atoms with Gasteiger partial charge in [-0.25, -0.2) is 4.39 Å². The van der Waals surface area contributed by atoms with E-state index in [0.717, 1.165) is 31.2 Å². The second-order valence-electron chi connectivity index (χ2n) is 5.21. The number of halogens is 1. The van der Waals surface area contributed by atoms with E-state index in [2.05, 4.69) is 0 Å². The topological polar surface area (TPSA) is 49.8 Å². The lowest BCUT2D eigenvalue weighted by Crippen LogP contribution is -2.37. The zero-order valence-electron chi connectivity index (χ0n) is 11.6. The van der Waals surface area contributed by atoms with Crippen LogP contribution in [0, 0.1) is 5.82 Å². The molecular formula is C15H20FNO3. The number of carbonyl (C=O) groups is 1. The van der Waals surface area contributed by atoms with Crippen molar-refractivity contribution in [1.82, 2.24) is 4.90 Å². The summed E-state index contributed by atoms with van der Waals surface area (Å²) in [4.78, 5) is 12.9. The molecule has 0 saturated heterocycles. The lowest BCUT2D eigenvalue weighted by molar-refractivity contribution is -0.139. The highest BCUT2D eigenvalue weighted by Crippen LogP contribution is 2.26. The maximum atomic E-state index is 13.7. The highest BCUT2D eigenvalue weighted by atomic mass is 19.1. The first-order valence-electron chi connectivity index (χ1n) is 6.88. The number of carboxylic acid groups (broad SMARTS) is 1. The summed E-state index contributed by atoms with van der Waals surface area (Å²) < 4.78 is 18.6. The first-order chi connectivity index (χ1) is 9.60. The molecule has 0 atom stereocenters. The fourth-order valence-corrected chi connectivity index (χ4v) is 2.80. The summed E-state index contributed by atoms with van der Waals surface area (Å²) in [6.45, 7) is 0.455. The predicted octanol–water partition coefficient (Wildman–Crippen LogP) is 2.66. The number of ether oxygens (including phenoxy) is 1. The van der Waals surface area contributed by atoms with E-state index in [1.54, 1.807) is 12.1 Å². The Labute approximate surface area is 118 Å². The van der Waals surface area contributed by atoms with Gasteiger partial charge in [-0.3, -0.25) is 9.69 Å². The van der Waals surface area contributed by atoms with E-state index in [4.69, 9.17) is 9.84 Å². The molecule has 0 amide bonds. The van der Waals surface area contributed by atoms with Crippen LogP contribution < -0.4 is 4.74 Å². The molecule has 1 aliphatic rings. The molecule has 0 heterocycles. The largest absolute Gasteiger partial charge is 0.494 e. The summed E-state index contributed by atoms with van der Waals surface area (Å²) in [7, 11) is 1.42. The van der Waals surface area contributed by atoms with Crippen LogP contribution in [-0.4, -0.2) is 35.7 Å². The summed E-state index contributed by atoms with van der Waals surface area (Å²) >= 11 is 0. The van der Waals surface area contributed by atoms with Crippen molar-refractivity contribution in [2.75, 3.05) is 13.7 Å². The number of aliphatic carboxylic acids is 1. The Morgan fingerprint density at radius 2 is 2.15 bits per heavy atom. The smallest absolute Gasteiger partial charge is 0.317 e. The minimum atomic E-state index is -0.842. The van der Waals surface area contributed by atoms with Crippen LogP contribution in [0.5, 0.6) is 5.75 Å². The molecule has 1 fully saturated rings. The van der Waals surface area contributed by atoms with Gasteiger partial charge >= 0.3 is 5.97 Å². The summed E-state index contributed by atoms with van der Waals surface area (Å²) in [5.41, 5.74) is 0.774. The lowest BCUT2D eigenvalue weighted by atomic mass is 10.1. The van der Waals surface area contributed by atoms with Crippen LogP contribution >= 0.6 is 0 Å². The summed E-state index contributed by atoms with van der Waals surface area (Å²) in [5, 5.41) is 9.02. The van der Waals surface area contributed by atoms with Gasteiger partial charge in [-0.15, -0.1) is 0 Å². The average molecular weight is 281 g/mol. The van der Waals surface area contributed by atoms with Gasteiger partial charge < -0.3 is 9.84 Å². The minimum Gasteiger partial charge on any atom is -0.494 e. The molecule has 110 valence electrons. The van der Waals surface area contributed by atoms with Crippen molar-refractivity contribution in [1.29, 1.82) is 0 Å². The van der Waals surface area contributed by atoms with Crippen molar-refractivity contribution in [3.05, 3.63) is 29.6 Å². The fraction of sp³-hybridized carbons (Fsp3) is 0.533. The second kappa shape index (κ2) is 6.70. The first-order valence-corrected chi connectivity index (χ1v) is 6.88. The van der Waals surface area contributed by atoms with Crippen molar-refractivity contribution in [3.8, 4) is 5.75 Å². The van der Waals surface area contributed by atoms with Gasteiger partial charge in [-0.2, -0.15) is 0 Å². The number of hydrogen-bond acceptors (Lipinski definition) is 3. The minimum absolute atomic E-state index is 0.00167. The Balaban J connectivity index is 2.10. The van der Waals surface area contributed by atoms with E-state index in [9.17, 15) is 9.18 Å². The molecule has 1 N–H and O–H groups in total. The van der Waals surface area contributed by atoms with E-state index in [0.29, 0.717) is 6.54 Å². The highest BCUT2D eigenvalue weighted by Gasteiger charge is 2.24.